The molecule has 2 fully saturated rings. The highest BCUT2D eigenvalue weighted by Gasteiger charge is 2.30. The van der Waals surface area contributed by atoms with Crippen molar-refractivity contribution in [2.45, 2.75) is 58.5 Å². The van der Waals surface area contributed by atoms with Gasteiger partial charge in [0.1, 0.15) is 16.9 Å². The standard InChI is InChI=1S/C29H35N5O2/c1-5-19-9-8-18(2)33(16-19)29(35)22-13-23-26(25(15-22)36-4)32(3)28(31-23)24-14-21-7-6-12-30-27(21)34(24)17-20-10-11-20/h6-7,12-15,18-20H,5,8-11,16-17H2,1-4H3/t18-,19+/m1/s1. The second kappa shape index (κ2) is 8.95. The van der Waals surface area contributed by atoms with Gasteiger partial charge in [-0.1, -0.05) is 13.3 Å². The second-order valence-electron chi connectivity index (χ2n) is 10.7. The molecule has 1 aliphatic carbocycles. The lowest BCUT2D eigenvalue weighted by Gasteiger charge is -2.38. The van der Waals surface area contributed by atoms with Gasteiger partial charge in [-0.15, -0.1) is 0 Å². The van der Waals surface area contributed by atoms with E-state index in [-0.39, 0.29) is 11.9 Å². The summed E-state index contributed by atoms with van der Waals surface area (Å²) in [5.74, 6) is 2.88. The highest BCUT2D eigenvalue weighted by Crippen LogP contribution is 2.37. The average molecular weight is 486 g/mol. The lowest BCUT2D eigenvalue weighted by molar-refractivity contribution is 0.0556. The molecule has 7 heteroatoms. The number of pyridine rings is 1. The van der Waals surface area contributed by atoms with E-state index in [1.807, 2.05) is 36.3 Å². The Hall–Kier alpha value is -3.35. The summed E-state index contributed by atoms with van der Waals surface area (Å²) in [6.45, 7) is 6.14. The fraction of sp³-hybridized carbons (Fsp3) is 0.483. The molecule has 2 atom stereocenters. The summed E-state index contributed by atoms with van der Waals surface area (Å²) in [4.78, 5) is 25.5. The molecule has 0 bridgehead atoms. The number of rotatable bonds is 6. The summed E-state index contributed by atoms with van der Waals surface area (Å²) in [5, 5.41) is 1.12. The van der Waals surface area contributed by atoms with E-state index in [9.17, 15) is 4.79 Å². The molecule has 2 aliphatic rings. The van der Waals surface area contributed by atoms with Gasteiger partial charge >= 0.3 is 0 Å². The van der Waals surface area contributed by atoms with Gasteiger partial charge in [0.25, 0.3) is 5.91 Å². The van der Waals surface area contributed by atoms with E-state index in [1.54, 1.807) is 7.11 Å². The van der Waals surface area contributed by atoms with Gasteiger partial charge in [-0.3, -0.25) is 4.79 Å². The first-order chi connectivity index (χ1) is 17.5. The summed E-state index contributed by atoms with van der Waals surface area (Å²) >= 11 is 0. The highest BCUT2D eigenvalue weighted by molar-refractivity contribution is 6.00. The Bertz CT molecular complexity index is 1450. The van der Waals surface area contributed by atoms with E-state index in [0.29, 0.717) is 23.1 Å². The number of benzene rings is 1. The van der Waals surface area contributed by atoms with Gasteiger partial charge in [0.05, 0.1) is 18.3 Å². The van der Waals surface area contributed by atoms with Gasteiger partial charge in [-0.05, 0) is 74.8 Å². The maximum atomic E-state index is 13.7. The fourth-order valence-electron chi connectivity index (χ4n) is 5.80. The van der Waals surface area contributed by atoms with E-state index >= 15 is 0 Å². The minimum Gasteiger partial charge on any atom is -0.494 e. The van der Waals surface area contributed by atoms with E-state index in [1.165, 1.54) is 19.3 Å². The normalized spacial score (nSPS) is 20.4. The number of carbonyl (C=O) groups is 1. The molecule has 4 heterocycles. The predicted molar refractivity (Wildman–Crippen MR) is 142 cm³/mol. The number of amides is 1. The molecule has 1 amide bonds. The van der Waals surface area contributed by atoms with Crippen molar-refractivity contribution in [3.05, 3.63) is 42.1 Å². The SMILES string of the molecule is CC[C@H]1CC[C@@H](C)N(C(=O)c2cc(OC)c3c(c2)nc(-c2cc4cccnc4n2CC2CC2)n3C)C1. The van der Waals surface area contributed by atoms with Crippen LogP contribution in [0.2, 0.25) is 0 Å². The molecule has 0 unspecified atom stereocenters. The van der Waals surface area contributed by atoms with Crippen LogP contribution in [0.3, 0.4) is 0 Å². The number of hydrogen-bond donors (Lipinski definition) is 0. The molecular weight excluding hydrogens is 450 g/mol. The van der Waals surface area contributed by atoms with Crippen molar-refractivity contribution in [3.63, 3.8) is 0 Å². The van der Waals surface area contributed by atoms with Crippen molar-refractivity contribution in [2.75, 3.05) is 13.7 Å². The zero-order chi connectivity index (χ0) is 25.0. The second-order valence-corrected chi connectivity index (χ2v) is 10.7. The Kier molecular flexibility index (Phi) is 5.73. The zero-order valence-electron chi connectivity index (χ0n) is 21.7. The van der Waals surface area contributed by atoms with Crippen LogP contribution < -0.4 is 4.74 Å². The Morgan fingerprint density at radius 2 is 1.94 bits per heavy atom. The number of nitrogens with zero attached hydrogens (tertiary/aromatic N) is 5. The summed E-state index contributed by atoms with van der Waals surface area (Å²) in [7, 11) is 3.69. The molecule has 4 aromatic rings. The molecule has 1 saturated carbocycles. The van der Waals surface area contributed by atoms with Crippen molar-refractivity contribution < 1.29 is 9.53 Å². The molecule has 0 spiro atoms. The first-order valence-corrected chi connectivity index (χ1v) is 13.3. The van der Waals surface area contributed by atoms with Crippen LogP contribution >= 0.6 is 0 Å². The number of methoxy groups -OCH3 is 1. The van der Waals surface area contributed by atoms with Gasteiger partial charge in [-0.2, -0.15) is 0 Å². The quantitative estimate of drug-likeness (QED) is 0.354. The molecule has 188 valence electrons. The molecule has 36 heavy (non-hydrogen) atoms. The molecule has 6 rings (SSSR count). The summed E-state index contributed by atoms with van der Waals surface area (Å²) in [6, 6.07) is 10.3. The predicted octanol–water partition coefficient (Wildman–Crippen LogP) is 5.66. The molecule has 0 radical (unpaired) electrons. The first-order valence-electron chi connectivity index (χ1n) is 13.3. The van der Waals surface area contributed by atoms with Crippen LogP contribution in [0, 0.1) is 11.8 Å². The molecule has 7 nitrogen and oxygen atoms in total. The number of hydrogen-bond acceptors (Lipinski definition) is 4. The Balaban J connectivity index is 1.45. The molecular formula is C29H35N5O2. The Morgan fingerprint density at radius 1 is 1.14 bits per heavy atom. The zero-order valence-corrected chi connectivity index (χ0v) is 21.7. The van der Waals surface area contributed by atoms with Gasteiger partial charge in [0.15, 0.2) is 5.82 Å². The van der Waals surface area contributed by atoms with Crippen molar-refractivity contribution in [1.82, 2.24) is 24.0 Å². The van der Waals surface area contributed by atoms with E-state index in [2.05, 4.69) is 40.1 Å². The van der Waals surface area contributed by atoms with Crippen molar-refractivity contribution in [3.8, 4) is 17.3 Å². The summed E-state index contributed by atoms with van der Waals surface area (Å²) in [5.41, 5.74) is 4.38. The summed E-state index contributed by atoms with van der Waals surface area (Å²) in [6.07, 6.45) is 7.74. The Labute approximate surface area is 212 Å². The van der Waals surface area contributed by atoms with Gasteiger partial charge < -0.3 is 18.8 Å². The highest BCUT2D eigenvalue weighted by atomic mass is 16.5. The summed E-state index contributed by atoms with van der Waals surface area (Å²) < 4.78 is 10.2. The number of imidazole rings is 1. The smallest absolute Gasteiger partial charge is 0.254 e. The molecule has 0 N–H and O–H groups in total. The van der Waals surface area contributed by atoms with Crippen LogP contribution in [0.25, 0.3) is 33.6 Å². The fourth-order valence-corrected chi connectivity index (χ4v) is 5.80. The lowest BCUT2D eigenvalue weighted by Crippen LogP contribution is -2.45. The number of piperidine rings is 1. The van der Waals surface area contributed by atoms with Crippen molar-refractivity contribution in [1.29, 1.82) is 0 Å². The maximum Gasteiger partial charge on any atom is 0.254 e. The van der Waals surface area contributed by atoms with E-state index < -0.39 is 0 Å². The average Bonchev–Trinajstić information content (AvgIpc) is 3.57. The molecule has 3 aromatic heterocycles. The minimum absolute atomic E-state index is 0.0695. The monoisotopic (exact) mass is 485 g/mol. The van der Waals surface area contributed by atoms with Crippen molar-refractivity contribution >= 4 is 28.0 Å². The third-order valence-electron chi connectivity index (χ3n) is 8.24. The van der Waals surface area contributed by atoms with Crippen LogP contribution in [0.15, 0.2) is 36.5 Å². The third-order valence-corrected chi connectivity index (χ3v) is 8.24. The Morgan fingerprint density at radius 3 is 2.69 bits per heavy atom. The molecule has 1 saturated heterocycles. The molecule has 1 aromatic carbocycles. The lowest BCUT2D eigenvalue weighted by atomic mass is 9.91. The maximum absolute atomic E-state index is 13.7. The largest absolute Gasteiger partial charge is 0.494 e. The number of carbonyl (C=O) groups excluding carboxylic acids is 1. The van der Waals surface area contributed by atoms with Crippen LogP contribution in [-0.2, 0) is 13.6 Å². The third kappa shape index (κ3) is 3.85. The van der Waals surface area contributed by atoms with Gasteiger partial charge in [0.2, 0.25) is 0 Å². The minimum atomic E-state index is 0.0695. The first kappa shape index (κ1) is 23.1. The van der Waals surface area contributed by atoms with E-state index in [4.69, 9.17) is 9.72 Å². The number of fused-ring (bicyclic) bond motifs is 2. The van der Waals surface area contributed by atoms with Crippen LogP contribution in [-0.4, -0.2) is 49.6 Å². The van der Waals surface area contributed by atoms with E-state index in [0.717, 1.165) is 59.5 Å². The van der Waals surface area contributed by atoms with Crippen LogP contribution in [0.4, 0.5) is 0 Å². The van der Waals surface area contributed by atoms with Crippen molar-refractivity contribution in [2.24, 2.45) is 18.9 Å². The molecule has 1 aliphatic heterocycles. The van der Waals surface area contributed by atoms with Gasteiger partial charge in [-0.25, -0.2) is 9.97 Å². The number of ether oxygens (including phenoxy) is 1. The number of aromatic nitrogens is 4. The topological polar surface area (TPSA) is 65.2 Å². The number of likely N-dealkylation sites (tertiary alicyclic amines) is 1. The number of aryl methyl sites for hydroxylation is 1. The van der Waals surface area contributed by atoms with Crippen LogP contribution in [0.5, 0.6) is 5.75 Å². The van der Waals surface area contributed by atoms with Gasteiger partial charge in [0, 0.05) is 43.3 Å². The van der Waals surface area contributed by atoms with Crippen LogP contribution in [0.1, 0.15) is 56.3 Å².